The number of aromatic nitrogens is 2. The van der Waals surface area contributed by atoms with Gasteiger partial charge in [0.2, 0.25) is 0 Å². The van der Waals surface area contributed by atoms with Crippen LogP contribution >= 0.6 is 0 Å². The summed E-state index contributed by atoms with van der Waals surface area (Å²) in [7, 11) is 0. The van der Waals surface area contributed by atoms with E-state index in [0.29, 0.717) is 12.6 Å². The van der Waals surface area contributed by atoms with Gasteiger partial charge in [-0.05, 0) is 44.4 Å². The first-order chi connectivity index (χ1) is 16.2. The zero-order chi connectivity index (χ0) is 23.0. The summed E-state index contributed by atoms with van der Waals surface area (Å²) >= 11 is 0. The van der Waals surface area contributed by atoms with Crippen LogP contribution in [0, 0.1) is 0 Å². The van der Waals surface area contributed by atoms with Crippen LogP contribution in [0.2, 0.25) is 0 Å². The lowest BCUT2D eigenvalue weighted by atomic mass is 10.1. The predicted octanol–water partition coefficient (Wildman–Crippen LogP) is 3.76. The second-order valence-electron chi connectivity index (χ2n) is 8.50. The summed E-state index contributed by atoms with van der Waals surface area (Å²) in [6, 6.07) is 8.44. The molecule has 0 unspecified atom stereocenters. The summed E-state index contributed by atoms with van der Waals surface area (Å²) < 4.78 is 5.12. The number of nitrogens with zero attached hydrogens (tertiary/aromatic N) is 4. The maximum Gasteiger partial charge on any atom is 0.331 e. The van der Waals surface area contributed by atoms with Crippen LogP contribution in [0.25, 0.3) is 5.57 Å². The molecular weight excluding hydrogens is 416 g/mol. The van der Waals surface area contributed by atoms with Crippen LogP contribution in [-0.4, -0.2) is 59.8 Å². The number of carbonyl (C=O) groups is 1. The Bertz CT molecular complexity index is 953. The molecule has 3 heterocycles. The molecule has 2 fully saturated rings. The van der Waals surface area contributed by atoms with E-state index in [1.807, 2.05) is 44.4 Å². The lowest BCUT2D eigenvalue weighted by Gasteiger charge is -2.37. The minimum atomic E-state index is -0.332. The fourth-order valence-corrected chi connectivity index (χ4v) is 4.46. The largest absolute Gasteiger partial charge is 0.463 e. The Morgan fingerprint density at radius 3 is 2.73 bits per heavy atom. The first-order valence-corrected chi connectivity index (χ1v) is 11.9. The molecule has 0 radical (unpaired) electrons. The van der Waals surface area contributed by atoms with Crippen molar-refractivity contribution in [2.24, 2.45) is 0 Å². The number of pyridine rings is 2. The molecule has 0 aromatic carbocycles. The van der Waals surface area contributed by atoms with Crippen molar-refractivity contribution >= 4 is 28.9 Å². The third-order valence-electron chi connectivity index (χ3n) is 6.11. The number of piperazine rings is 1. The summed E-state index contributed by atoms with van der Waals surface area (Å²) in [6.45, 7) is 7.66. The molecule has 1 aliphatic carbocycles. The van der Waals surface area contributed by atoms with Crippen molar-refractivity contribution in [3.8, 4) is 0 Å². The van der Waals surface area contributed by atoms with Crippen LogP contribution < -0.4 is 15.6 Å². The van der Waals surface area contributed by atoms with Crippen molar-refractivity contribution in [2.45, 2.75) is 45.6 Å². The molecule has 1 aliphatic heterocycles. The van der Waals surface area contributed by atoms with Crippen molar-refractivity contribution in [1.82, 2.24) is 20.3 Å². The highest BCUT2D eigenvalue weighted by Crippen LogP contribution is 2.33. The van der Waals surface area contributed by atoms with Crippen LogP contribution in [0.4, 0.5) is 17.3 Å². The zero-order valence-corrected chi connectivity index (χ0v) is 19.6. The average molecular weight is 451 g/mol. The van der Waals surface area contributed by atoms with Crippen molar-refractivity contribution < 1.29 is 9.53 Å². The number of nitrogens with one attached hydrogen (secondary N) is 2. The first kappa shape index (κ1) is 23.2. The molecule has 0 bridgehead atoms. The number of hydrazine groups is 1. The van der Waals surface area contributed by atoms with Crippen LogP contribution in [0.5, 0.6) is 0 Å². The average Bonchev–Trinajstić information content (AvgIpc) is 3.34. The molecule has 2 N–H and O–H groups in total. The van der Waals surface area contributed by atoms with Crippen molar-refractivity contribution in [3.63, 3.8) is 0 Å². The molecule has 0 amide bonds. The van der Waals surface area contributed by atoms with Crippen molar-refractivity contribution in [3.05, 3.63) is 48.3 Å². The molecule has 1 saturated carbocycles. The van der Waals surface area contributed by atoms with Crippen molar-refractivity contribution in [1.29, 1.82) is 0 Å². The highest BCUT2D eigenvalue weighted by molar-refractivity contribution is 5.93. The fourth-order valence-electron chi connectivity index (χ4n) is 4.46. The lowest BCUT2D eigenvalue weighted by Crippen LogP contribution is -2.51. The van der Waals surface area contributed by atoms with Gasteiger partial charge >= 0.3 is 5.97 Å². The Morgan fingerprint density at radius 1 is 1.24 bits per heavy atom. The number of rotatable bonds is 8. The van der Waals surface area contributed by atoms with Crippen LogP contribution in [0.1, 0.15) is 45.1 Å². The number of carbonyl (C=O) groups excluding carboxylic acids is 1. The molecule has 8 nitrogen and oxygen atoms in total. The number of hydrogen-bond donors (Lipinski definition) is 2. The van der Waals surface area contributed by atoms with Crippen LogP contribution in [0.15, 0.2) is 42.7 Å². The molecule has 1 saturated heterocycles. The summed E-state index contributed by atoms with van der Waals surface area (Å²) in [4.78, 5) is 21.5. The van der Waals surface area contributed by atoms with Crippen molar-refractivity contribution in [2.75, 3.05) is 43.1 Å². The van der Waals surface area contributed by atoms with E-state index in [0.717, 1.165) is 67.5 Å². The molecule has 2 aromatic rings. The second-order valence-corrected chi connectivity index (χ2v) is 8.50. The molecule has 0 spiro atoms. The standard InChI is InChI=1S/C25H34N6O2/c1-3-33-25(32)16-19(2)21-18-28-24(17-22(21)29-20-8-4-5-9-20)31(23-10-6-7-11-27-23)30-14-12-26-13-15-30/h6-7,10-11,16-18,20,26H,3-5,8-9,12-15H2,1-2H3,(H,28,29). The van der Waals surface area contributed by atoms with E-state index in [2.05, 4.69) is 31.7 Å². The molecule has 4 rings (SSSR count). The molecule has 0 atom stereocenters. The molecule has 2 aliphatic rings. The number of ether oxygens (including phenoxy) is 1. The van der Waals surface area contributed by atoms with E-state index in [1.165, 1.54) is 12.8 Å². The molecule has 8 heteroatoms. The summed E-state index contributed by atoms with van der Waals surface area (Å²) in [5, 5.41) is 11.5. The number of anilines is 3. The highest BCUT2D eigenvalue weighted by atomic mass is 16.5. The predicted molar refractivity (Wildman–Crippen MR) is 131 cm³/mol. The van der Waals surface area contributed by atoms with E-state index in [-0.39, 0.29) is 5.97 Å². The van der Waals surface area contributed by atoms with Crippen LogP contribution in [0.3, 0.4) is 0 Å². The van der Waals surface area contributed by atoms with Crippen LogP contribution in [-0.2, 0) is 9.53 Å². The van der Waals surface area contributed by atoms with Gasteiger partial charge in [-0.3, -0.25) is 0 Å². The topological polar surface area (TPSA) is 82.6 Å². The van der Waals surface area contributed by atoms with Gasteiger partial charge in [0.15, 0.2) is 5.82 Å². The quantitative estimate of drug-likeness (QED) is 0.465. The van der Waals surface area contributed by atoms with Gasteiger partial charge in [-0.1, -0.05) is 18.9 Å². The Hall–Kier alpha value is -2.97. The lowest BCUT2D eigenvalue weighted by molar-refractivity contribution is -0.137. The Labute approximate surface area is 196 Å². The summed E-state index contributed by atoms with van der Waals surface area (Å²) in [5.74, 6) is 1.32. The minimum Gasteiger partial charge on any atom is -0.463 e. The molecule has 33 heavy (non-hydrogen) atoms. The molecular formula is C25H34N6O2. The summed E-state index contributed by atoms with van der Waals surface area (Å²) in [5.41, 5.74) is 2.74. The van der Waals surface area contributed by atoms with E-state index in [9.17, 15) is 4.79 Å². The van der Waals surface area contributed by atoms with Gasteiger partial charge in [-0.15, -0.1) is 0 Å². The van der Waals surface area contributed by atoms with Gasteiger partial charge < -0.3 is 15.4 Å². The van der Waals surface area contributed by atoms with E-state index >= 15 is 0 Å². The zero-order valence-electron chi connectivity index (χ0n) is 19.6. The monoisotopic (exact) mass is 450 g/mol. The molecule has 176 valence electrons. The smallest absolute Gasteiger partial charge is 0.331 e. The Kier molecular flexibility index (Phi) is 7.91. The number of esters is 1. The molecule has 2 aromatic heterocycles. The minimum absolute atomic E-state index is 0.332. The highest BCUT2D eigenvalue weighted by Gasteiger charge is 2.24. The van der Waals surface area contributed by atoms with E-state index in [4.69, 9.17) is 9.72 Å². The SMILES string of the molecule is CCOC(=O)C=C(C)c1cnc(N(c2ccccn2)N2CCNCC2)cc1NC1CCCC1. The maximum atomic E-state index is 12.1. The van der Waals surface area contributed by atoms with Gasteiger partial charge in [0.05, 0.1) is 6.61 Å². The van der Waals surface area contributed by atoms with Gasteiger partial charge in [0.25, 0.3) is 0 Å². The summed E-state index contributed by atoms with van der Waals surface area (Å²) in [6.07, 6.45) is 10.00. The maximum absolute atomic E-state index is 12.1. The number of hydrogen-bond acceptors (Lipinski definition) is 8. The first-order valence-electron chi connectivity index (χ1n) is 11.9. The normalized spacial score (nSPS) is 17.7. The second kappa shape index (κ2) is 11.2. The van der Waals surface area contributed by atoms with Gasteiger partial charge in [0, 0.05) is 68.0 Å². The van der Waals surface area contributed by atoms with Gasteiger partial charge in [0.1, 0.15) is 5.82 Å². The van der Waals surface area contributed by atoms with Gasteiger partial charge in [-0.25, -0.2) is 24.8 Å². The third-order valence-corrected chi connectivity index (χ3v) is 6.11. The Morgan fingerprint density at radius 2 is 2.03 bits per heavy atom. The number of allylic oxidation sites excluding steroid dienone is 1. The van der Waals surface area contributed by atoms with Gasteiger partial charge in [-0.2, -0.15) is 0 Å². The Balaban J connectivity index is 1.72. The third kappa shape index (κ3) is 5.89. The fraction of sp³-hybridized carbons (Fsp3) is 0.480. The van der Waals surface area contributed by atoms with E-state index < -0.39 is 0 Å². The van der Waals surface area contributed by atoms with E-state index in [1.54, 1.807) is 6.08 Å².